The maximum atomic E-state index is 5.97. The third-order valence-electron chi connectivity index (χ3n) is 3.50. The third kappa shape index (κ3) is 3.84. The first-order valence-electron chi connectivity index (χ1n) is 7.18. The Morgan fingerprint density at radius 2 is 1.75 bits per heavy atom. The summed E-state index contributed by atoms with van der Waals surface area (Å²) >= 11 is 0. The molecule has 2 aromatic carbocycles. The number of aryl methyl sites for hydroxylation is 2. The van der Waals surface area contributed by atoms with Crippen LogP contribution in [0, 0.1) is 13.8 Å². The predicted molar refractivity (Wildman–Crippen MR) is 84.4 cm³/mol. The zero-order valence-corrected chi connectivity index (χ0v) is 12.5. The van der Waals surface area contributed by atoms with Crippen LogP contribution in [0.3, 0.4) is 0 Å². The van der Waals surface area contributed by atoms with E-state index in [1.54, 1.807) is 0 Å². The minimum absolute atomic E-state index is 0.237. The molecule has 0 heterocycles. The number of nitrogens with two attached hydrogens (primary N) is 1. The van der Waals surface area contributed by atoms with E-state index in [4.69, 9.17) is 10.5 Å². The van der Waals surface area contributed by atoms with Gasteiger partial charge in [-0.15, -0.1) is 0 Å². The highest BCUT2D eigenvalue weighted by atomic mass is 16.5. The van der Waals surface area contributed by atoms with Crippen molar-refractivity contribution in [2.24, 2.45) is 5.73 Å². The van der Waals surface area contributed by atoms with E-state index in [1.807, 2.05) is 18.2 Å². The monoisotopic (exact) mass is 269 g/mol. The van der Waals surface area contributed by atoms with Gasteiger partial charge in [0.15, 0.2) is 0 Å². The van der Waals surface area contributed by atoms with Crippen molar-refractivity contribution in [3.8, 4) is 11.5 Å². The largest absolute Gasteiger partial charge is 0.457 e. The second-order valence-corrected chi connectivity index (χ2v) is 5.39. The molecular weight excluding hydrogens is 246 g/mol. The Kier molecular flexibility index (Phi) is 4.80. The Morgan fingerprint density at radius 1 is 1.05 bits per heavy atom. The van der Waals surface area contributed by atoms with Gasteiger partial charge in [-0.05, 0) is 56.0 Å². The molecule has 0 saturated heterocycles. The molecular formula is C18H23NO. The second-order valence-electron chi connectivity index (χ2n) is 5.39. The van der Waals surface area contributed by atoms with Gasteiger partial charge in [0, 0.05) is 6.04 Å². The van der Waals surface area contributed by atoms with Gasteiger partial charge in [0.1, 0.15) is 11.5 Å². The summed E-state index contributed by atoms with van der Waals surface area (Å²) in [5.41, 5.74) is 9.63. The van der Waals surface area contributed by atoms with Crippen molar-refractivity contribution in [3.05, 3.63) is 59.2 Å². The standard InChI is InChI=1S/C18H23NO/c1-4-16(19)12-15-6-8-17(9-7-15)20-18-10-5-13(2)11-14(18)3/h5-11,16H,4,12,19H2,1-3H3. The van der Waals surface area contributed by atoms with Crippen molar-refractivity contribution in [1.82, 2.24) is 0 Å². The van der Waals surface area contributed by atoms with Gasteiger partial charge in [0.05, 0.1) is 0 Å². The molecule has 106 valence electrons. The molecule has 2 N–H and O–H groups in total. The van der Waals surface area contributed by atoms with E-state index < -0.39 is 0 Å². The van der Waals surface area contributed by atoms with Gasteiger partial charge in [-0.3, -0.25) is 0 Å². The molecule has 0 aliphatic rings. The van der Waals surface area contributed by atoms with E-state index in [1.165, 1.54) is 11.1 Å². The lowest BCUT2D eigenvalue weighted by Crippen LogP contribution is -2.21. The summed E-state index contributed by atoms with van der Waals surface area (Å²) in [6.45, 7) is 6.27. The summed E-state index contributed by atoms with van der Waals surface area (Å²) < 4.78 is 5.92. The first-order chi connectivity index (χ1) is 9.58. The summed E-state index contributed by atoms with van der Waals surface area (Å²) in [6.07, 6.45) is 1.92. The van der Waals surface area contributed by atoms with Crippen LogP contribution in [0.25, 0.3) is 0 Å². The van der Waals surface area contributed by atoms with E-state index in [0.717, 1.165) is 29.9 Å². The van der Waals surface area contributed by atoms with Gasteiger partial charge in [0.25, 0.3) is 0 Å². The molecule has 1 unspecified atom stereocenters. The van der Waals surface area contributed by atoms with Crippen LogP contribution >= 0.6 is 0 Å². The van der Waals surface area contributed by atoms with Crippen molar-refractivity contribution in [1.29, 1.82) is 0 Å². The average Bonchev–Trinajstić information content (AvgIpc) is 2.44. The Morgan fingerprint density at radius 3 is 2.35 bits per heavy atom. The summed E-state index contributed by atoms with van der Waals surface area (Å²) in [6, 6.07) is 14.7. The minimum atomic E-state index is 0.237. The molecule has 0 aliphatic heterocycles. The predicted octanol–water partition coefficient (Wildman–Crippen LogP) is 4.38. The molecule has 0 saturated carbocycles. The van der Waals surface area contributed by atoms with Crippen LogP contribution in [-0.4, -0.2) is 6.04 Å². The van der Waals surface area contributed by atoms with Gasteiger partial charge >= 0.3 is 0 Å². The van der Waals surface area contributed by atoms with Crippen LogP contribution < -0.4 is 10.5 Å². The number of rotatable bonds is 5. The molecule has 2 heteroatoms. The molecule has 0 aromatic heterocycles. The maximum absolute atomic E-state index is 5.97. The van der Waals surface area contributed by atoms with Crippen LogP contribution in [0.1, 0.15) is 30.0 Å². The van der Waals surface area contributed by atoms with Crippen LogP contribution in [0.2, 0.25) is 0 Å². The first-order valence-corrected chi connectivity index (χ1v) is 7.18. The summed E-state index contributed by atoms with van der Waals surface area (Å²) in [7, 11) is 0. The maximum Gasteiger partial charge on any atom is 0.130 e. The Bertz CT molecular complexity index is 560. The highest BCUT2D eigenvalue weighted by Gasteiger charge is 2.04. The summed E-state index contributed by atoms with van der Waals surface area (Å²) in [5, 5.41) is 0. The van der Waals surface area contributed by atoms with Crippen molar-refractivity contribution >= 4 is 0 Å². The van der Waals surface area contributed by atoms with Gasteiger partial charge in [-0.2, -0.15) is 0 Å². The molecule has 2 nitrogen and oxygen atoms in total. The van der Waals surface area contributed by atoms with Crippen LogP contribution in [-0.2, 0) is 6.42 Å². The van der Waals surface area contributed by atoms with E-state index in [0.29, 0.717) is 0 Å². The van der Waals surface area contributed by atoms with Crippen molar-refractivity contribution < 1.29 is 4.74 Å². The molecule has 0 spiro atoms. The zero-order chi connectivity index (χ0) is 14.5. The Balaban J connectivity index is 2.07. The Hall–Kier alpha value is -1.80. The van der Waals surface area contributed by atoms with Gasteiger partial charge in [-0.25, -0.2) is 0 Å². The fourth-order valence-electron chi connectivity index (χ4n) is 2.18. The lowest BCUT2D eigenvalue weighted by Gasteiger charge is -2.11. The van der Waals surface area contributed by atoms with Crippen LogP contribution in [0.4, 0.5) is 0 Å². The molecule has 0 amide bonds. The summed E-state index contributed by atoms with van der Waals surface area (Å²) in [4.78, 5) is 0. The highest BCUT2D eigenvalue weighted by Crippen LogP contribution is 2.26. The normalized spacial score (nSPS) is 12.2. The first kappa shape index (κ1) is 14.6. The van der Waals surface area contributed by atoms with Crippen molar-refractivity contribution in [3.63, 3.8) is 0 Å². The smallest absolute Gasteiger partial charge is 0.130 e. The van der Waals surface area contributed by atoms with Gasteiger partial charge < -0.3 is 10.5 Å². The molecule has 1 atom stereocenters. The summed E-state index contributed by atoms with van der Waals surface area (Å²) in [5.74, 6) is 1.78. The van der Waals surface area contributed by atoms with E-state index in [9.17, 15) is 0 Å². The molecule has 20 heavy (non-hydrogen) atoms. The molecule has 0 aliphatic carbocycles. The lowest BCUT2D eigenvalue weighted by atomic mass is 10.0. The second kappa shape index (κ2) is 6.58. The molecule has 2 rings (SSSR count). The number of benzene rings is 2. The zero-order valence-electron chi connectivity index (χ0n) is 12.5. The van der Waals surface area contributed by atoms with E-state index >= 15 is 0 Å². The van der Waals surface area contributed by atoms with Crippen LogP contribution in [0.15, 0.2) is 42.5 Å². The van der Waals surface area contributed by atoms with Crippen molar-refractivity contribution in [2.75, 3.05) is 0 Å². The molecule has 2 aromatic rings. The van der Waals surface area contributed by atoms with Crippen LogP contribution in [0.5, 0.6) is 11.5 Å². The average molecular weight is 269 g/mol. The molecule has 0 fully saturated rings. The molecule has 0 bridgehead atoms. The Labute approximate surface area is 121 Å². The minimum Gasteiger partial charge on any atom is -0.457 e. The van der Waals surface area contributed by atoms with Gasteiger partial charge in [-0.1, -0.05) is 36.8 Å². The molecule has 0 radical (unpaired) electrons. The quantitative estimate of drug-likeness (QED) is 0.874. The SMILES string of the molecule is CCC(N)Cc1ccc(Oc2ccc(C)cc2C)cc1. The number of hydrogen-bond acceptors (Lipinski definition) is 2. The number of hydrogen-bond donors (Lipinski definition) is 1. The van der Waals surface area contributed by atoms with Gasteiger partial charge in [0.2, 0.25) is 0 Å². The van der Waals surface area contributed by atoms with E-state index in [-0.39, 0.29) is 6.04 Å². The number of ether oxygens (including phenoxy) is 1. The topological polar surface area (TPSA) is 35.2 Å². The highest BCUT2D eigenvalue weighted by molar-refractivity contribution is 5.40. The third-order valence-corrected chi connectivity index (χ3v) is 3.50. The fourth-order valence-corrected chi connectivity index (χ4v) is 2.18. The fraction of sp³-hybridized carbons (Fsp3) is 0.333. The lowest BCUT2D eigenvalue weighted by molar-refractivity contribution is 0.478. The van der Waals surface area contributed by atoms with Crippen molar-refractivity contribution in [2.45, 2.75) is 39.7 Å². The van der Waals surface area contributed by atoms with E-state index in [2.05, 4.69) is 45.0 Å².